The number of ether oxygens (including phenoxy) is 1. The van der Waals surface area contributed by atoms with Gasteiger partial charge in [-0.1, -0.05) is 36.4 Å². The van der Waals surface area contributed by atoms with Crippen molar-refractivity contribution in [3.63, 3.8) is 0 Å². The zero-order valence-electron chi connectivity index (χ0n) is 13.0. The number of rotatable bonds is 4. The molecule has 0 saturated carbocycles. The van der Waals surface area contributed by atoms with Crippen LogP contribution in [0.25, 0.3) is 0 Å². The van der Waals surface area contributed by atoms with Crippen LogP contribution in [0, 0.1) is 0 Å². The largest absolute Gasteiger partial charge is 0.473 e. The lowest BCUT2D eigenvalue weighted by molar-refractivity contribution is 0.143. The molecule has 0 radical (unpaired) electrons. The van der Waals surface area contributed by atoms with Crippen molar-refractivity contribution in [2.24, 2.45) is 0 Å². The Kier molecular flexibility index (Phi) is 4.13. The minimum absolute atomic E-state index is 0.553. The highest BCUT2D eigenvalue weighted by Gasteiger charge is 2.24. The first-order valence-corrected chi connectivity index (χ1v) is 8.61. The maximum absolute atomic E-state index is 5.87. The van der Waals surface area contributed by atoms with E-state index in [0.29, 0.717) is 6.61 Å². The molecule has 5 nitrogen and oxygen atoms in total. The summed E-state index contributed by atoms with van der Waals surface area (Å²) in [6, 6.07) is 16.1. The Morgan fingerprint density at radius 1 is 1.08 bits per heavy atom. The van der Waals surface area contributed by atoms with Crippen LogP contribution in [0.15, 0.2) is 77.0 Å². The van der Waals surface area contributed by atoms with E-state index in [-0.39, 0.29) is 0 Å². The Labute approximate surface area is 149 Å². The molecule has 0 fully saturated rings. The zero-order chi connectivity index (χ0) is 16.4. The number of aromatic nitrogens is 1. The van der Waals surface area contributed by atoms with Gasteiger partial charge in [-0.3, -0.25) is 10.4 Å². The number of hydrazine groups is 1. The van der Waals surface area contributed by atoms with Crippen molar-refractivity contribution in [1.29, 1.82) is 0 Å². The Morgan fingerprint density at radius 3 is 2.79 bits per heavy atom. The van der Waals surface area contributed by atoms with E-state index in [1.807, 2.05) is 42.5 Å². The van der Waals surface area contributed by atoms with Crippen molar-refractivity contribution in [3.8, 4) is 0 Å². The van der Waals surface area contributed by atoms with Crippen LogP contribution in [0.3, 0.4) is 0 Å². The summed E-state index contributed by atoms with van der Waals surface area (Å²) in [6.45, 7) is 2.27. The second-order valence-electron chi connectivity index (χ2n) is 5.61. The maximum atomic E-state index is 5.87. The monoisotopic (exact) mass is 384 g/mol. The van der Waals surface area contributed by atoms with Gasteiger partial charge < -0.3 is 9.64 Å². The molecule has 24 heavy (non-hydrogen) atoms. The highest BCUT2D eigenvalue weighted by Crippen LogP contribution is 2.24. The van der Waals surface area contributed by atoms with Crippen LogP contribution in [0.4, 0.5) is 5.82 Å². The zero-order valence-corrected chi connectivity index (χ0v) is 14.6. The topological polar surface area (TPSA) is 40.6 Å². The SMILES string of the molecule is Brc1cccc(N2C=C3C=C(OCc4ccccc4)NN3CC2)n1. The van der Waals surface area contributed by atoms with Crippen LogP contribution in [-0.2, 0) is 11.3 Å². The number of nitrogens with one attached hydrogen (secondary N) is 1. The fourth-order valence-corrected chi connectivity index (χ4v) is 3.05. The number of allylic oxidation sites excluding steroid dienone is 1. The lowest BCUT2D eigenvalue weighted by Gasteiger charge is -2.31. The van der Waals surface area contributed by atoms with Crippen LogP contribution in [-0.4, -0.2) is 23.1 Å². The Morgan fingerprint density at radius 2 is 1.96 bits per heavy atom. The van der Waals surface area contributed by atoms with Crippen LogP contribution < -0.4 is 10.3 Å². The molecule has 3 heterocycles. The van der Waals surface area contributed by atoms with Gasteiger partial charge in [-0.25, -0.2) is 4.98 Å². The van der Waals surface area contributed by atoms with Crippen molar-refractivity contribution >= 4 is 21.7 Å². The van der Waals surface area contributed by atoms with Gasteiger partial charge in [0.1, 0.15) is 17.0 Å². The van der Waals surface area contributed by atoms with Crippen molar-refractivity contribution < 1.29 is 4.74 Å². The molecule has 0 unspecified atom stereocenters. The number of pyridine rings is 1. The molecular weight excluding hydrogens is 368 g/mol. The fraction of sp³-hybridized carbons (Fsp3) is 0.167. The molecule has 0 spiro atoms. The van der Waals surface area contributed by atoms with Crippen LogP contribution >= 0.6 is 15.9 Å². The minimum Gasteiger partial charge on any atom is -0.473 e. The average Bonchev–Trinajstić information content (AvgIpc) is 3.03. The van der Waals surface area contributed by atoms with E-state index >= 15 is 0 Å². The third-order valence-electron chi connectivity index (χ3n) is 3.92. The molecule has 2 aliphatic rings. The number of anilines is 1. The van der Waals surface area contributed by atoms with Gasteiger partial charge in [0.2, 0.25) is 5.88 Å². The quantitative estimate of drug-likeness (QED) is 0.818. The molecule has 0 amide bonds. The summed E-state index contributed by atoms with van der Waals surface area (Å²) in [4.78, 5) is 6.66. The summed E-state index contributed by atoms with van der Waals surface area (Å²) in [5.74, 6) is 1.71. The molecular formula is C18H17BrN4O. The molecule has 1 N–H and O–H groups in total. The molecule has 2 aliphatic heterocycles. The van der Waals surface area contributed by atoms with Crippen molar-refractivity contribution in [1.82, 2.24) is 15.4 Å². The molecule has 1 aromatic heterocycles. The summed E-state index contributed by atoms with van der Waals surface area (Å²) in [5.41, 5.74) is 5.52. The highest BCUT2D eigenvalue weighted by molar-refractivity contribution is 9.10. The maximum Gasteiger partial charge on any atom is 0.208 e. The van der Waals surface area contributed by atoms with Gasteiger partial charge in [0.05, 0.1) is 12.2 Å². The molecule has 0 saturated heterocycles. The molecule has 0 aliphatic carbocycles. The Bertz CT molecular complexity index is 791. The molecule has 0 bridgehead atoms. The van der Waals surface area contributed by atoms with Crippen molar-refractivity contribution in [2.75, 3.05) is 18.0 Å². The predicted molar refractivity (Wildman–Crippen MR) is 96.5 cm³/mol. The lowest BCUT2D eigenvalue weighted by atomic mass is 10.2. The minimum atomic E-state index is 0.553. The van der Waals surface area contributed by atoms with E-state index in [0.717, 1.165) is 40.7 Å². The van der Waals surface area contributed by atoms with Crippen LogP contribution in [0.2, 0.25) is 0 Å². The number of hydrogen-bond acceptors (Lipinski definition) is 5. The number of hydrogen-bond donors (Lipinski definition) is 1. The van der Waals surface area contributed by atoms with E-state index in [1.165, 1.54) is 0 Å². The first kappa shape index (κ1) is 15.1. The molecule has 6 heteroatoms. The van der Waals surface area contributed by atoms with Gasteiger partial charge in [0.15, 0.2) is 0 Å². The third-order valence-corrected chi connectivity index (χ3v) is 4.36. The van der Waals surface area contributed by atoms with Crippen molar-refractivity contribution in [2.45, 2.75) is 6.61 Å². The van der Waals surface area contributed by atoms with E-state index in [4.69, 9.17) is 4.74 Å². The number of fused-ring (bicyclic) bond motifs is 1. The summed E-state index contributed by atoms with van der Waals surface area (Å²) < 4.78 is 6.71. The summed E-state index contributed by atoms with van der Waals surface area (Å²) in [5, 5.41) is 2.09. The highest BCUT2D eigenvalue weighted by atomic mass is 79.9. The summed E-state index contributed by atoms with van der Waals surface area (Å²) in [6.07, 6.45) is 4.11. The average molecular weight is 385 g/mol. The van der Waals surface area contributed by atoms with Gasteiger partial charge in [-0.2, -0.15) is 0 Å². The number of benzene rings is 1. The number of halogens is 1. The van der Waals surface area contributed by atoms with Gasteiger partial charge >= 0.3 is 0 Å². The van der Waals surface area contributed by atoms with E-state index in [2.05, 4.69) is 54.6 Å². The smallest absolute Gasteiger partial charge is 0.208 e. The second-order valence-corrected chi connectivity index (χ2v) is 6.42. The van der Waals surface area contributed by atoms with E-state index < -0.39 is 0 Å². The van der Waals surface area contributed by atoms with Crippen LogP contribution in [0.5, 0.6) is 0 Å². The Balaban J connectivity index is 1.46. The van der Waals surface area contributed by atoms with Gasteiger partial charge in [0, 0.05) is 18.8 Å². The fourth-order valence-electron chi connectivity index (χ4n) is 2.71. The molecule has 2 aromatic rings. The predicted octanol–water partition coefficient (Wildman–Crippen LogP) is 3.38. The molecule has 1 aromatic carbocycles. The van der Waals surface area contributed by atoms with Gasteiger partial charge in [-0.05, 0) is 33.6 Å². The summed E-state index contributed by atoms with van der Waals surface area (Å²) in [7, 11) is 0. The standard InChI is InChI=1S/C18H17BrN4O/c19-16-7-4-8-17(20-16)22-9-10-23-15(12-22)11-18(21-23)24-13-14-5-2-1-3-6-14/h1-8,11-12,21H,9-10,13H2. The van der Waals surface area contributed by atoms with Crippen molar-refractivity contribution in [3.05, 3.63) is 82.6 Å². The molecule has 0 atom stereocenters. The molecule has 4 rings (SSSR count). The summed E-state index contributed by atoms with van der Waals surface area (Å²) >= 11 is 3.42. The Hall–Kier alpha value is -2.47. The third kappa shape index (κ3) is 3.23. The second kappa shape index (κ2) is 6.57. The van der Waals surface area contributed by atoms with Gasteiger partial charge in [-0.15, -0.1) is 0 Å². The molecule has 122 valence electrons. The normalized spacial score (nSPS) is 16.2. The van der Waals surface area contributed by atoms with Gasteiger partial charge in [0.25, 0.3) is 0 Å². The first-order valence-electron chi connectivity index (χ1n) is 7.81. The first-order chi connectivity index (χ1) is 11.8. The number of nitrogens with zero attached hydrogens (tertiary/aromatic N) is 3. The lowest BCUT2D eigenvalue weighted by Crippen LogP contribution is -2.42. The van der Waals surface area contributed by atoms with E-state index in [9.17, 15) is 0 Å². The van der Waals surface area contributed by atoms with E-state index in [1.54, 1.807) is 0 Å². The van der Waals surface area contributed by atoms with Crippen LogP contribution in [0.1, 0.15) is 5.56 Å².